The van der Waals surface area contributed by atoms with E-state index in [-0.39, 0.29) is 23.2 Å². The number of aromatic carboxylic acids is 1. The average molecular weight is 291 g/mol. The number of amides is 1. The molecule has 0 radical (unpaired) electrons. The molecule has 1 aromatic heterocycles. The molecule has 2 aliphatic carbocycles. The minimum Gasteiger partial charge on any atom is -0.478 e. The monoisotopic (exact) mass is 291 g/mol. The highest BCUT2D eigenvalue weighted by atomic mass is 16.4. The molecule has 4 unspecified atom stereocenters. The largest absolute Gasteiger partial charge is 0.478 e. The topological polar surface area (TPSA) is 84.2 Å². The van der Waals surface area contributed by atoms with E-state index < -0.39 is 5.97 Å². The molecule has 6 nitrogen and oxygen atoms in total. The molecular formula is C15H21N3O3. The molecule has 1 aromatic rings. The zero-order chi connectivity index (χ0) is 15.1. The minimum absolute atomic E-state index is 0.00000591. The summed E-state index contributed by atoms with van der Waals surface area (Å²) >= 11 is 0. The summed E-state index contributed by atoms with van der Waals surface area (Å²) in [4.78, 5) is 23.5. The predicted octanol–water partition coefficient (Wildman–Crippen LogP) is 1.67. The normalized spacial score (nSPS) is 28.6. The van der Waals surface area contributed by atoms with Crippen molar-refractivity contribution < 1.29 is 14.7 Å². The highest BCUT2D eigenvalue weighted by Crippen LogP contribution is 2.49. The van der Waals surface area contributed by atoms with Gasteiger partial charge in [-0.05, 0) is 43.9 Å². The number of aryl methyl sites for hydroxylation is 1. The van der Waals surface area contributed by atoms with Crippen molar-refractivity contribution in [3.63, 3.8) is 0 Å². The number of rotatable bonds is 4. The van der Waals surface area contributed by atoms with Crippen molar-refractivity contribution in [1.82, 2.24) is 15.1 Å². The van der Waals surface area contributed by atoms with Gasteiger partial charge < -0.3 is 10.4 Å². The van der Waals surface area contributed by atoms with E-state index in [0.717, 1.165) is 5.92 Å². The van der Waals surface area contributed by atoms with Gasteiger partial charge in [-0.25, -0.2) is 4.79 Å². The Morgan fingerprint density at radius 1 is 1.43 bits per heavy atom. The van der Waals surface area contributed by atoms with Gasteiger partial charge in [0.05, 0.1) is 0 Å². The summed E-state index contributed by atoms with van der Waals surface area (Å²) in [6, 6.07) is 0.0662. The van der Waals surface area contributed by atoms with Gasteiger partial charge >= 0.3 is 5.97 Å². The summed E-state index contributed by atoms with van der Waals surface area (Å²) in [5, 5.41) is 16.1. The predicted molar refractivity (Wildman–Crippen MR) is 76.0 cm³/mol. The summed E-state index contributed by atoms with van der Waals surface area (Å²) in [5.41, 5.74) is -0.0462. The lowest BCUT2D eigenvalue weighted by atomic mass is 9.84. The molecule has 0 aromatic carbocycles. The van der Waals surface area contributed by atoms with Crippen molar-refractivity contribution >= 4 is 11.9 Å². The number of carbonyl (C=O) groups is 2. The van der Waals surface area contributed by atoms with Crippen LogP contribution in [0.5, 0.6) is 0 Å². The van der Waals surface area contributed by atoms with Crippen molar-refractivity contribution in [3.05, 3.63) is 17.5 Å². The van der Waals surface area contributed by atoms with Crippen LogP contribution in [0.1, 0.15) is 53.5 Å². The first-order chi connectivity index (χ1) is 9.95. The second-order valence-electron chi connectivity index (χ2n) is 6.47. The molecule has 0 saturated heterocycles. The van der Waals surface area contributed by atoms with E-state index >= 15 is 0 Å². The van der Waals surface area contributed by atoms with Crippen LogP contribution in [0.4, 0.5) is 0 Å². The molecule has 0 aliphatic heterocycles. The third kappa shape index (κ3) is 2.54. The van der Waals surface area contributed by atoms with Crippen molar-refractivity contribution in [2.24, 2.45) is 24.8 Å². The molecular weight excluding hydrogens is 270 g/mol. The first kappa shape index (κ1) is 14.1. The molecule has 4 atom stereocenters. The molecule has 2 bridgehead atoms. The van der Waals surface area contributed by atoms with Gasteiger partial charge in [-0.2, -0.15) is 5.10 Å². The van der Waals surface area contributed by atoms with Crippen LogP contribution >= 0.6 is 0 Å². The van der Waals surface area contributed by atoms with Crippen LogP contribution in [0, 0.1) is 17.8 Å². The Morgan fingerprint density at radius 3 is 2.76 bits per heavy atom. The summed E-state index contributed by atoms with van der Waals surface area (Å²) in [6.45, 7) is 2.02. The first-order valence-corrected chi connectivity index (χ1v) is 7.53. The fourth-order valence-electron chi connectivity index (χ4n) is 4.10. The van der Waals surface area contributed by atoms with Crippen LogP contribution in [-0.2, 0) is 7.05 Å². The number of aromatic nitrogens is 2. The standard InChI is InChI=1S/C15H21N3O3/c1-8(11-6-9-3-4-10(11)5-9)16-14(19)13-12(15(20)21)7-18(2)17-13/h7-11H,3-6H2,1-2H3,(H,16,19)(H,20,21). The van der Waals surface area contributed by atoms with Crippen LogP contribution in [0.3, 0.4) is 0 Å². The van der Waals surface area contributed by atoms with Crippen LogP contribution < -0.4 is 5.32 Å². The number of nitrogens with one attached hydrogen (secondary N) is 1. The van der Waals surface area contributed by atoms with Gasteiger partial charge in [0.25, 0.3) is 5.91 Å². The van der Waals surface area contributed by atoms with E-state index in [1.165, 1.54) is 36.6 Å². The van der Waals surface area contributed by atoms with Crippen molar-refractivity contribution in [2.45, 2.75) is 38.6 Å². The Balaban J connectivity index is 1.70. The number of hydrogen-bond donors (Lipinski definition) is 2. The van der Waals surface area contributed by atoms with Gasteiger partial charge in [-0.1, -0.05) is 6.42 Å². The highest BCUT2D eigenvalue weighted by Gasteiger charge is 2.42. The minimum atomic E-state index is -1.12. The van der Waals surface area contributed by atoms with Gasteiger partial charge in [-0.3, -0.25) is 9.48 Å². The van der Waals surface area contributed by atoms with Gasteiger partial charge in [-0.15, -0.1) is 0 Å². The van der Waals surface area contributed by atoms with Crippen LogP contribution in [0.2, 0.25) is 0 Å². The van der Waals surface area contributed by atoms with E-state index in [4.69, 9.17) is 5.11 Å². The summed E-state index contributed by atoms with van der Waals surface area (Å²) < 4.78 is 1.36. The zero-order valence-electron chi connectivity index (χ0n) is 12.4. The summed E-state index contributed by atoms with van der Waals surface area (Å²) in [7, 11) is 1.61. The zero-order valence-corrected chi connectivity index (χ0v) is 12.4. The molecule has 1 heterocycles. The highest BCUT2D eigenvalue weighted by molar-refractivity contribution is 6.03. The number of carboxylic acids is 1. The molecule has 2 N–H and O–H groups in total. The van der Waals surface area contributed by atoms with E-state index in [9.17, 15) is 9.59 Å². The molecule has 3 rings (SSSR count). The van der Waals surface area contributed by atoms with Crippen LogP contribution in [0.15, 0.2) is 6.20 Å². The number of carbonyl (C=O) groups excluding carboxylic acids is 1. The van der Waals surface area contributed by atoms with Crippen molar-refractivity contribution in [3.8, 4) is 0 Å². The fraction of sp³-hybridized carbons (Fsp3) is 0.667. The Bertz CT molecular complexity index is 581. The molecule has 2 aliphatic rings. The molecule has 2 saturated carbocycles. The fourth-order valence-corrected chi connectivity index (χ4v) is 4.10. The van der Waals surface area contributed by atoms with Crippen LogP contribution in [-0.4, -0.2) is 32.8 Å². The SMILES string of the molecule is CC(NC(=O)c1nn(C)cc1C(=O)O)C1CC2CCC1C2. The first-order valence-electron chi connectivity index (χ1n) is 7.53. The molecule has 21 heavy (non-hydrogen) atoms. The van der Waals surface area contributed by atoms with E-state index in [1.807, 2.05) is 6.92 Å². The Hall–Kier alpha value is -1.85. The smallest absolute Gasteiger partial charge is 0.339 e. The Morgan fingerprint density at radius 2 is 2.19 bits per heavy atom. The second kappa shape index (κ2) is 5.16. The van der Waals surface area contributed by atoms with E-state index in [0.29, 0.717) is 11.8 Å². The number of fused-ring (bicyclic) bond motifs is 2. The third-order valence-corrected chi connectivity index (χ3v) is 5.07. The molecule has 2 fully saturated rings. The maximum Gasteiger partial charge on any atom is 0.339 e. The molecule has 1 amide bonds. The lowest BCUT2D eigenvalue weighted by Crippen LogP contribution is -2.40. The maximum atomic E-state index is 12.3. The lowest BCUT2D eigenvalue weighted by molar-refractivity contribution is 0.0689. The van der Waals surface area contributed by atoms with Gasteiger partial charge in [0.15, 0.2) is 5.69 Å². The molecule has 6 heteroatoms. The van der Waals surface area contributed by atoms with Gasteiger partial charge in [0.1, 0.15) is 5.56 Å². The number of hydrogen-bond acceptors (Lipinski definition) is 3. The third-order valence-electron chi connectivity index (χ3n) is 5.07. The molecule has 0 spiro atoms. The summed E-state index contributed by atoms with van der Waals surface area (Å²) in [5.74, 6) is 0.547. The van der Waals surface area contributed by atoms with E-state index in [1.54, 1.807) is 7.05 Å². The van der Waals surface area contributed by atoms with Crippen molar-refractivity contribution in [1.29, 1.82) is 0 Å². The average Bonchev–Trinajstić information content (AvgIpc) is 3.12. The lowest BCUT2D eigenvalue weighted by Gasteiger charge is -2.28. The summed E-state index contributed by atoms with van der Waals surface area (Å²) in [6.07, 6.45) is 6.42. The maximum absolute atomic E-state index is 12.3. The quantitative estimate of drug-likeness (QED) is 0.884. The van der Waals surface area contributed by atoms with Crippen LogP contribution in [0.25, 0.3) is 0 Å². The van der Waals surface area contributed by atoms with Gasteiger partial charge in [0, 0.05) is 19.3 Å². The number of carboxylic acid groups (broad SMARTS) is 1. The van der Waals surface area contributed by atoms with Crippen molar-refractivity contribution in [2.75, 3.05) is 0 Å². The van der Waals surface area contributed by atoms with E-state index in [2.05, 4.69) is 10.4 Å². The Labute approximate surface area is 123 Å². The van der Waals surface area contributed by atoms with Gasteiger partial charge in [0.2, 0.25) is 0 Å². The number of nitrogens with zero attached hydrogens (tertiary/aromatic N) is 2. The second-order valence-corrected chi connectivity index (χ2v) is 6.47. The Kier molecular flexibility index (Phi) is 3.47. The molecule has 114 valence electrons.